The number of nitrogens with zero attached hydrogens (tertiary/aromatic N) is 1. The average molecular weight is 298 g/mol. The van der Waals surface area contributed by atoms with Crippen LogP contribution in [0.3, 0.4) is 0 Å². The lowest BCUT2D eigenvalue weighted by Gasteiger charge is -2.29. The van der Waals surface area contributed by atoms with Crippen molar-refractivity contribution in [1.29, 1.82) is 0 Å². The van der Waals surface area contributed by atoms with Gasteiger partial charge >= 0.3 is 0 Å². The summed E-state index contributed by atoms with van der Waals surface area (Å²) in [5, 5.41) is 12.4. The van der Waals surface area contributed by atoms with E-state index in [-0.39, 0.29) is 18.1 Å². The number of carbonyl (C=O) groups excluding carboxylic acids is 1. The molecular weight excluding hydrogens is 268 g/mol. The molecule has 5 nitrogen and oxygen atoms in total. The number of piperidine rings is 1. The molecule has 0 saturated carbocycles. The SMILES string of the molecule is CC1CCC(CCC(=O)NCCCN2CCC(O)CC2)O1. The quantitative estimate of drug-likeness (QED) is 0.696. The van der Waals surface area contributed by atoms with Crippen molar-refractivity contribution in [2.45, 2.75) is 70.2 Å². The summed E-state index contributed by atoms with van der Waals surface area (Å²) in [7, 11) is 0. The Morgan fingerprint density at radius 2 is 2.05 bits per heavy atom. The minimum atomic E-state index is -0.110. The highest BCUT2D eigenvalue weighted by atomic mass is 16.5. The molecule has 1 amide bonds. The van der Waals surface area contributed by atoms with Gasteiger partial charge in [0, 0.05) is 26.1 Å². The standard InChI is InChI=1S/C16H30N2O3/c1-13-3-4-15(21-13)5-6-16(20)17-9-2-10-18-11-7-14(19)8-12-18/h13-15,19H,2-12H2,1H3,(H,17,20). The van der Waals surface area contributed by atoms with Crippen LogP contribution >= 0.6 is 0 Å². The third-order valence-corrected chi connectivity index (χ3v) is 4.54. The van der Waals surface area contributed by atoms with Crippen molar-refractivity contribution < 1.29 is 14.6 Å². The average Bonchev–Trinajstić information content (AvgIpc) is 2.89. The minimum absolute atomic E-state index is 0.110. The third-order valence-electron chi connectivity index (χ3n) is 4.54. The molecule has 0 aromatic carbocycles. The Morgan fingerprint density at radius 3 is 2.71 bits per heavy atom. The van der Waals surface area contributed by atoms with E-state index >= 15 is 0 Å². The monoisotopic (exact) mass is 298 g/mol. The van der Waals surface area contributed by atoms with Crippen molar-refractivity contribution in [3.8, 4) is 0 Å². The van der Waals surface area contributed by atoms with Gasteiger partial charge in [-0.2, -0.15) is 0 Å². The number of nitrogens with one attached hydrogen (secondary N) is 1. The number of hydrogen-bond donors (Lipinski definition) is 2. The van der Waals surface area contributed by atoms with Gasteiger partial charge in [0.15, 0.2) is 0 Å². The molecule has 0 aromatic heterocycles. The van der Waals surface area contributed by atoms with Crippen LogP contribution in [-0.4, -0.2) is 60.4 Å². The molecule has 122 valence electrons. The molecule has 0 radical (unpaired) electrons. The summed E-state index contributed by atoms with van der Waals surface area (Å²) in [5.41, 5.74) is 0. The minimum Gasteiger partial charge on any atom is -0.393 e. The summed E-state index contributed by atoms with van der Waals surface area (Å²) in [6, 6.07) is 0. The number of aliphatic hydroxyl groups excluding tert-OH is 1. The molecule has 0 aliphatic carbocycles. The van der Waals surface area contributed by atoms with Gasteiger partial charge < -0.3 is 20.1 Å². The molecule has 2 N–H and O–H groups in total. The zero-order chi connectivity index (χ0) is 15.1. The molecule has 2 heterocycles. The van der Waals surface area contributed by atoms with Gasteiger partial charge in [0.1, 0.15) is 0 Å². The fourth-order valence-electron chi connectivity index (χ4n) is 3.15. The first-order valence-electron chi connectivity index (χ1n) is 8.46. The summed E-state index contributed by atoms with van der Waals surface area (Å²) in [6.45, 7) is 5.81. The molecule has 2 saturated heterocycles. The fourth-order valence-corrected chi connectivity index (χ4v) is 3.15. The molecule has 0 aromatic rings. The predicted molar refractivity (Wildman–Crippen MR) is 82.1 cm³/mol. The Kier molecular flexibility index (Phi) is 6.93. The molecule has 0 spiro atoms. The molecule has 2 rings (SSSR count). The van der Waals surface area contributed by atoms with Gasteiger partial charge in [-0.25, -0.2) is 0 Å². The van der Waals surface area contributed by atoms with Crippen LogP contribution < -0.4 is 5.32 Å². The molecule has 0 bridgehead atoms. The highest BCUT2D eigenvalue weighted by molar-refractivity contribution is 5.75. The fraction of sp³-hybridized carbons (Fsp3) is 0.938. The van der Waals surface area contributed by atoms with Crippen LogP contribution in [-0.2, 0) is 9.53 Å². The van der Waals surface area contributed by atoms with Crippen LogP contribution in [0.4, 0.5) is 0 Å². The first-order valence-corrected chi connectivity index (χ1v) is 8.46. The van der Waals surface area contributed by atoms with Crippen LogP contribution in [0.1, 0.15) is 51.9 Å². The Balaban J connectivity index is 1.45. The first-order chi connectivity index (χ1) is 10.1. The van der Waals surface area contributed by atoms with Crippen molar-refractivity contribution in [3.05, 3.63) is 0 Å². The van der Waals surface area contributed by atoms with Crippen molar-refractivity contribution in [1.82, 2.24) is 10.2 Å². The molecule has 5 heteroatoms. The zero-order valence-corrected chi connectivity index (χ0v) is 13.2. The maximum absolute atomic E-state index is 11.8. The number of ether oxygens (including phenoxy) is 1. The number of likely N-dealkylation sites (tertiary alicyclic amines) is 1. The van der Waals surface area contributed by atoms with Gasteiger partial charge in [0.05, 0.1) is 18.3 Å². The summed E-state index contributed by atoms with van der Waals surface area (Å²) in [5.74, 6) is 0.146. The normalized spacial score (nSPS) is 27.9. The van der Waals surface area contributed by atoms with E-state index in [2.05, 4.69) is 17.1 Å². The van der Waals surface area contributed by atoms with E-state index in [0.29, 0.717) is 12.5 Å². The van der Waals surface area contributed by atoms with E-state index < -0.39 is 0 Å². The van der Waals surface area contributed by atoms with E-state index in [0.717, 1.165) is 64.7 Å². The number of rotatable bonds is 7. The molecule has 2 atom stereocenters. The van der Waals surface area contributed by atoms with E-state index in [1.807, 2.05) is 0 Å². The van der Waals surface area contributed by atoms with Gasteiger partial charge in [-0.15, -0.1) is 0 Å². The van der Waals surface area contributed by atoms with Gasteiger partial charge in [0.25, 0.3) is 0 Å². The van der Waals surface area contributed by atoms with Crippen molar-refractivity contribution in [2.75, 3.05) is 26.2 Å². The van der Waals surface area contributed by atoms with Crippen molar-refractivity contribution >= 4 is 5.91 Å². The van der Waals surface area contributed by atoms with Gasteiger partial charge in [-0.05, 0) is 52.0 Å². The third kappa shape index (κ3) is 6.32. The Labute approximate surface area is 128 Å². The summed E-state index contributed by atoms with van der Waals surface area (Å²) in [4.78, 5) is 14.1. The van der Waals surface area contributed by atoms with Crippen LogP contribution in [0.25, 0.3) is 0 Å². The van der Waals surface area contributed by atoms with Gasteiger partial charge in [-0.1, -0.05) is 0 Å². The van der Waals surface area contributed by atoms with Gasteiger partial charge in [-0.3, -0.25) is 4.79 Å². The lowest BCUT2D eigenvalue weighted by atomic mass is 10.1. The maximum atomic E-state index is 11.8. The summed E-state index contributed by atoms with van der Waals surface area (Å²) in [6.07, 6.45) is 6.92. The lowest BCUT2D eigenvalue weighted by molar-refractivity contribution is -0.121. The lowest BCUT2D eigenvalue weighted by Crippen LogP contribution is -2.37. The maximum Gasteiger partial charge on any atom is 0.220 e. The second-order valence-corrected chi connectivity index (χ2v) is 6.46. The summed E-state index contributed by atoms with van der Waals surface area (Å²) < 4.78 is 5.72. The van der Waals surface area contributed by atoms with E-state index in [4.69, 9.17) is 4.74 Å². The smallest absolute Gasteiger partial charge is 0.220 e. The van der Waals surface area contributed by atoms with Crippen LogP contribution in [0.5, 0.6) is 0 Å². The first kappa shape index (κ1) is 16.7. The topological polar surface area (TPSA) is 61.8 Å². The van der Waals surface area contributed by atoms with E-state index in [9.17, 15) is 9.90 Å². The van der Waals surface area contributed by atoms with Crippen molar-refractivity contribution in [2.24, 2.45) is 0 Å². The highest BCUT2D eigenvalue weighted by Crippen LogP contribution is 2.22. The van der Waals surface area contributed by atoms with Gasteiger partial charge in [0.2, 0.25) is 5.91 Å². The Morgan fingerprint density at radius 1 is 1.29 bits per heavy atom. The highest BCUT2D eigenvalue weighted by Gasteiger charge is 2.22. The molecule has 2 fully saturated rings. The van der Waals surface area contributed by atoms with Crippen LogP contribution in [0, 0.1) is 0 Å². The Hall–Kier alpha value is -0.650. The predicted octanol–water partition coefficient (Wildman–Crippen LogP) is 1.30. The van der Waals surface area contributed by atoms with Crippen molar-refractivity contribution in [3.63, 3.8) is 0 Å². The number of carbonyl (C=O) groups is 1. The number of amides is 1. The summed E-state index contributed by atoms with van der Waals surface area (Å²) >= 11 is 0. The molecule has 21 heavy (non-hydrogen) atoms. The zero-order valence-electron chi connectivity index (χ0n) is 13.2. The molecule has 2 unspecified atom stereocenters. The van der Waals surface area contributed by atoms with E-state index in [1.165, 1.54) is 0 Å². The number of hydrogen-bond acceptors (Lipinski definition) is 4. The largest absolute Gasteiger partial charge is 0.393 e. The second-order valence-electron chi connectivity index (χ2n) is 6.46. The number of aliphatic hydroxyl groups is 1. The van der Waals surface area contributed by atoms with Crippen LogP contribution in [0.15, 0.2) is 0 Å². The molecule has 2 aliphatic heterocycles. The van der Waals surface area contributed by atoms with E-state index in [1.54, 1.807) is 0 Å². The molecule has 2 aliphatic rings. The van der Waals surface area contributed by atoms with Crippen LogP contribution in [0.2, 0.25) is 0 Å². The Bertz CT molecular complexity index is 317. The molecular formula is C16H30N2O3. The second kappa shape index (κ2) is 8.71.